The van der Waals surface area contributed by atoms with Gasteiger partial charge in [-0.15, -0.1) is 0 Å². The van der Waals surface area contributed by atoms with Crippen molar-refractivity contribution in [2.75, 3.05) is 0 Å². The predicted molar refractivity (Wildman–Crippen MR) is 81.7 cm³/mol. The van der Waals surface area contributed by atoms with Crippen LogP contribution in [-0.4, -0.2) is 5.11 Å². The Kier molecular flexibility index (Phi) is 4.35. The molecule has 0 heterocycles. The molecule has 1 saturated carbocycles. The SMILES string of the molecule is CC1(C)CCC(C#N)(C(O)c2ccc(Cl)cc2Cl)CC1. The van der Waals surface area contributed by atoms with Crippen molar-refractivity contribution in [3.05, 3.63) is 33.8 Å². The van der Waals surface area contributed by atoms with E-state index in [1.165, 1.54) is 0 Å². The summed E-state index contributed by atoms with van der Waals surface area (Å²) in [6.07, 6.45) is 2.38. The first-order valence-corrected chi connectivity index (χ1v) is 7.60. The quantitative estimate of drug-likeness (QED) is 0.822. The lowest BCUT2D eigenvalue weighted by Gasteiger charge is -2.42. The lowest BCUT2D eigenvalue weighted by Crippen LogP contribution is -2.35. The molecular weight excluding hydrogens is 293 g/mol. The van der Waals surface area contributed by atoms with Gasteiger partial charge in [-0.3, -0.25) is 0 Å². The molecule has 1 unspecified atom stereocenters. The van der Waals surface area contributed by atoms with E-state index >= 15 is 0 Å². The molecule has 1 N–H and O–H groups in total. The van der Waals surface area contributed by atoms with Crippen LogP contribution < -0.4 is 0 Å². The Labute approximate surface area is 130 Å². The largest absolute Gasteiger partial charge is 0.387 e. The molecule has 20 heavy (non-hydrogen) atoms. The fraction of sp³-hybridized carbons (Fsp3) is 0.562. The summed E-state index contributed by atoms with van der Waals surface area (Å²) >= 11 is 12.0. The summed E-state index contributed by atoms with van der Waals surface area (Å²) in [5.74, 6) is 0. The van der Waals surface area contributed by atoms with E-state index in [1.54, 1.807) is 18.2 Å². The molecule has 0 aliphatic heterocycles. The number of rotatable bonds is 2. The third-order valence-corrected chi connectivity index (χ3v) is 5.06. The molecule has 1 aliphatic carbocycles. The van der Waals surface area contributed by atoms with E-state index < -0.39 is 11.5 Å². The highest BCUT2D eigenvalue weighted by Gasteiger charge is 2.44. The van der Waals surface area contributed by atoms with Crippen molar-refractivity contribution in [3.8, 4) is 6.07 Å². The van der Waals surface area contributed by atoms with Crippen molar-refractivity contribution >= 4 is 23.2 Å². The Bertz CT molecular complexity index is 538. The van der Waals surface area contributed by atoms with Crippen LogP contribution in [0.15, 0.2) is 18.2 Å². The molecule has 1 atom stereocenters. The summed E-state index contributed by atoms with van der Waals surface area (Å²) in [5, 5.41) is 21.2. The summed E-state index contributed by atoms with van der Waals surface area (Å²) in [7, 11) is 0. The van der Waals surface area contributed by atoms with Crippen LogP contribution in [0.25, 0.3) is 0 Å². The van der Waals surface area contributed by atoms with Crippen molar-refractivity contribution in [2.24, 2.45) is 10.8 Å². The van der Waals surface area contributed by atoms with E-state index in [2.05, 4.69) is 19.9 Å². The van der Waals surface area contributed by atoms with Gasteiger partial charge in [-0.1, -0.05) is 43.1 Å². The van der Waals surface area contributed by atoms with Crippen molar-refractivity contribution in [1.29, 1.82) is 5.26 Å². The van der Waals surface area contributed by atoms with Gasteiger partial charge in [0.1, 0.15) is 0 Å². The first-order chi connectivity index (χ1) is 9.30. The van der Waals surface area contributed by atoms with Crippen LogP contribution >= 0.6 is 23.2 Å². The topological polar surface area (TPSA) is 44.0 Å². The van der Waals surface area contributed by atoms with Crippen molar-refractivity contribution in [3.63, 3.8) is 0 Å². The molecule has 1 fully saturated rings. The van der Waals surface area contributed by atoms with E-state index in [4.69, 9.17) is 23.2 Å². The van der Waals surface area contributed by atoms with E-state index in [1.807, 2.05) is 0 Å². The lowest BCUT2D eigenvalue weighted by atomic mass is 9.62. The van der Waals surface area contributed by atoms with Gasteiger partial charge in [0.2, 0.25) is 0 Å². The molecule has 0 bridgehead atoms. The standard InChI is InChI=1S/C16H19Cl2NO/c1-15(2)5-7-16(10-19,8-6-15)14(20)12-4-3-11(17)9-13(12)18/h3-4,9,14,20H,5-8H2,1-2H3. The van der Waals surface area contributed by atoms with Gasteiger partial charge in [0.15, 0.2) is 0 Å². The highest BCUT2D eigenvalue weighted by Crippen LogP contribution is 2.51. The van der Waals surface area contributed by atoms with E-state index in [0.717, 1.165) is 12.8 Å². The van der Waals surface area contributed by atoms with Crippen molar-refractivity contribution < 1.29 is 5.11 Å². The minimum Gasteiger partial charge on any atom is -0.387 e. The molecule has 1 aromatic rings. The molecule has 0 amide bonds. The Balaban J connectivity index is 2.31. The Hall–Kier alpha value is -0.750. The maximum absolute atomic E-state index is 10.7. The predicted octanol–water partition coefficient (Wildman–Crippen LogP) is 5.14. The zero-order valence-electron chi connectivity index (χ0n) is 11.8. The van der Waals surface area contributed by atoms with Crippen molar-refractivity contribution in [2.45, 2.75) is 45.6 Å². The van der Waals surface area contributed by atoms with Crippen LogP contribution in [0.5, 0.6) is 0 Å². The summed E-state index contributed by atoms with van der Waals surface area (Å²) in [5.41, 5.74) is 0.0916. The monoisotopic (exact) mass is 311 g/mol. The highest BCUT2D eigenvalue weighted by molar-refractivity contribution is 6.35. The van der Waals surface area contributed by atoms with Gasteiger partial charge in [-0.2, -0.15) is 5.26 Å². The molecule has 108 valence electrons. The molecule has 1 aliphatic rings. The zero-order chi connectivity index (χ0) is 15.0. The minimum atomic E-state index is -0.867. The first kappa shape index (κ1) is 15.6. The third-order valence-electron chi connectivity index (χ3n) is 4.50. The van der Waals surface area contributed by atoms with E-state index in [9.17, 15) is 10.4 Å². The van der Waals surface area contributed by atoms with Gasteiger partial charge in [0.05, 0.1) is 17.6 Å². The second kappa shape index (κ2) is 5.56. The summed E-state index contributed by atoms with van der Waals surface area (Å²) < 4.78 is 0. The van der Waals surface area contributed by atoms with E-state index in [-0.39, 0.29) is 5.41 Å². The smallest absolute Gasteiger partial charge is 0.0990 e. The molecule has 0 radical (unpaired) electrons. The fourth-order valence-corrected chi connectivity index (χ4v) is 3.35. The molecular formula is C16H19Cl2NO. The maximum atomic E-state index is 10.7. The molecule has 1 aromatic carbocycles. The molecule has 4 heteroatoms. The van der Waals surface area contributed by atoms with Gasteiger partial charge in [-0.25, -0.2) is 0 Å². The summed E-state index contributed by atoms with van der Waals surface area (Å²) in [4.78, 5) is 0. The maximum Gasteiger partial charge on any atom is 0.0990 e. The van der Waals surface area contributed by atoms with Crippen molar-refractivity contribution in [1.82, 2.24) is 0 Å². The lowest BCUT2D eigenvalue weighted by molar-refractivity contribution is 0.00962. The van der Waals surface area contributed by atoms with Crippen LogP contribution in [0.1, 0.15) is 51.2 Å². The van der Waals surface area contributed by atoms with Crippen LogP contribution in [0.4, 0.5) is 0 Å². The van der Waals surface area contributed by atoms with Gasteiger partial charge in [-0.05, 0) is 43.2 Å². The average molecular weight is 312 g/mol. The normalized spacial score (nSPS) is 22.0. The number of halogens is 2. The number of aliphatic hydroxyl groups is 1. The van der Waals surface area contributed by atoms with Gasteiger partial charge in [0.25, 0.3) is 0 Å². The summed E-state index contributed by atoms with van der Waals surface area (Å²) in [6.45, 7) is 4.41. The Morgan fingerprint density at radius 1 is 1.20 bits per heavy atom. The average Bonchev–Trinajstić information content (AvgIpc) is 2.39. The number of benzene rings is 1. The van der Waals surface area contributed by atoms with Gasteiger partial charge in [0, 0.05) is 15.6 Å². The zero-order valence-corrected chi connectivity index (χ0v) is 13.3. The second-order valence-corrected chi connectivity index (χ2v) is 7.34. The second-order valence-electron chi connectivity index (χ2n) is 6.50. The minimum absolute atomic E-state index is 0.240. The highest BCUT2D eigenvalue weighted by atomic mass is 35.5. The van der Waals surface area contributed by atoms with Gasteiger partial charge >= 0.3 is 0 Å². The first-order valence-electron chi connectivity index (χ1n) is 6.84. The molecule has 2 nitrogen and oxygen atoms in total. The Morgan fingerprint density at radius 3 is 2.30 bits per heavy atom. The molecule has 0 aromatic heterocycles. The number of hydrogen-bond acceptors (Lipinski definition) is 2. The fourth-order valence-electron chi connectivity index (χ4n) is 2.84. The van der Waals surface area contributed by atoms with Crippen LogP contribution in [-0.2, 0) is 0 Å². The van der Waals surface area contributed by atoms with Crippen LogP contribution in [0.3, 0.4) is 0 Å². The van der Waals surface area contributed by atoms with Crippen LogP contribution in [0.2, 0.25) is 10.0 Å². The molecule has 0 saturated heterocycles. The van der Waals surface area contributed by atoms with E-state index in [0.29, 0.717) is 28.5 Å². The number of hydrogen-bond donors (Lipinski definition) is 1. The molecule has 0 spiro atoms. The number of nitrogens with zero attached hydrogens (tertiary/aromatic N) is 1. The Morgan fingerprint density at radius 2 is 1.80 bits per heavy atom. The summed E-state index contributed by atoms with van der Waals surface area (Å²) in [6, 6.07) is 7.38. The molecule has 2 rings (SSSR count). The van der Waals surface area contributed by atoms with Crippen LogP contribution in [0, 0.1) is 22.2 Å². The number of aliphatic hydroxyl groups excluding tert-OH is 1. The third kappa shape index (κ3) is 2.96. The van der Waals surface area contributed by atoms with Gasteiger partial charge < -0.3 is 5.11 Å². The number of nitriles is 1.